The van der Waals surface area contributed by atoms with Crippen LogP contribution in [0.25, 0.3) is 10.8 Å². The van der Waals surface area contributed by atoms with E-state index in [4.69, 9.17) is 5.11 Å². The third-order valence-electron chi connectivity index (χ3n) is 3.44. The van der Waals surface area contributed by atoms with Crippen LogP contribution < -0.4 is 16.0 Å². The van der Waals surface area contributed by atoms with E-state index in [1.54, 1.807) is 24.3 Å². The van der Waals surface area contributed by atoms with Gasteiger partial charge in [0.2, 0.25) is 0 Å². The average molecular weight is 299 g/mol. The van der Waals surface area contributed by atoms with Crippen LogP contribution in [0, 0.1) is 0 Å². The number of carboxylic acid groups (broad SMARTS) is 1. The summed E-state index contributed by atoms with van der Waals surface area (Å²) in [7, 11) is 0. The Hall–Kier alpha value is -2.93. The standard InChI is InChI=1S/C15H13N3O4/c19-12(20)6-16-7-17-11-5-4-10-13-8(11)2-1-3-9(13)14(21)18-15(10)22/h1-5,16-17H,6-7H2,(H,19,20)(H,18,21,22). The van der Waals surface area contributed by atoms with E-state index in [2.05, 4.69) is 16.0 Å². The highest BCUT2D eigenvalue weighted by molar-refractivity contribution is 6.26. The molecule has 3 rings (SSSR count). The minimum atomic E-state index is -0.944. The summed E-state index contributed by atoms with van der Waals surface area (Å²) in [6.07, 6.45) is 0. The molecule has 0 spiro atoms. The van der Waals surface area contributed by atoms with Crippen molar-refractivity contribution < 1.29 is 19.5 Å². The number of imide groups is 1. The summed E-state index contributed by atoms with van der Waals surface area (Å²) in [5.74, 6) is -1.77. The van der Waals surface area contributed by atoms with Crippen LogP contribution in [-0.2, 0) is 4.79 Å². The van der Waals surface area contributed by atoms with Gasteiger partial charge in [-0.25, -0.2) is 0 Å². The first kappa shape index (κ1) is 14.0. The van der Waals surface area contributed by atoms with Gasteiger partial charge in [-0.2, -0.15) is 0 Å². The van der Waals surface area contributed by atoms with E-state index in [9.17, 15) is 14.4 Å². The lowest BCUT2D eigenvalue weighted by Gasteiger charge is -2.19. The first-order valence-corrected chi connectivity index (χ1v) is 6.65. The molecule has 7 nitrogen and oxygen atoms in total. The van der Waals surface area contributed by atoms with Gasteiger partial charge in [0.25, 0.3) is 11.8 Å². The second-order valence-electron chi connectivity index (χ2n) is 4.85. The summed E-state index contributed by atoms with van der Waals surface area (Å²) in [5.41, 5.74) is 1.63. The maximum Gasteiger partial charge on any atom is 0.317 e. The fourth-order valence-electron chi connectivity index (χ4n) is 2.50. The summed E-state index contributed by atoms with van der Waals surface area (Å²) < 4.78 is 0. The quantitative estimate of drug-likeness (QED) is 0.369. The van der Waals surface area contributed by atoms with Crippen LogP contribution in [0.4, 0.5) is 5.69 Å². The molecule has 0 unspecified atom stereocenters. The smallest absolute Gasteiger partial charge is 0.317 e. The highest BCUT2D eigenvalue weighted by Crippen LogP contribution is 2.31. The van der Waals surface area contributed by atoms with Gasteiger partial charge < -0.3 is 10.4 Å². The fraction of sp³-hybridized carbons (Fsp3) is 0.133. The Bertz CT molecular complexity index is 780. The molecule has 0 aliphatic carbocycles. The number of anilines is 1. The summed E-state index contributed by atoms with van der Waals surface area (Å²) in [6.45, 7) is 0.0975. The Kier molecular flexibility index (Phi) is 3.48. The van der Waals surface area contributed by atoms with Crippen molar-refractivity contribution in [1.82, 2.24) is 10.6 Å². The van der Waals surface area contributed by atoms with Crippen molar-refractivity contribution in [3.63, 3.8) is 0 Å². The molecule has 4 N–H and O–H groups in total. The van der Waals surface area contributed by atoms with Crippen molar-refractivity contribution in [2.75, 3.05) is 18.5 Å². The zero-order valence-corrected chi connectivity index (χ0v) is 11.5. The minimum absolute atomic E-state index is 0.158. The van der Waals surface area contributed by atoms with E-state index in [1.165, 1.54) is 0 Å². The maximum absolute atomic E-state index is 11.9. The van der Waals surface area contributed by atoms with Gasteiger partial charge in [0.1, 0.15) is 0 Å². The fourth-order valence-corrected chi connectivity index (χ4v) is 2.50. The molecule has 1 aliphatic heterocycles. The van der Waals surface area contributed by atoms with E-state index < -0.39 is 17.8 Å². The number of carbonyl (C=O) groups excluding carboxylic acids is 2. The van der Waals surface area contributed by atoms with Crippen LogP contribution in [0.1, 0.15) is 20.7 Å². The molecule has 2 aromatic rings. The highest BCUT2D eigenvalue weighted by Gasteiger charge is 2.25. The van der Waals surface area contributed by atoms with Crippen molar-refractivity contribution in [1.29, 1.82) is 0 Å². The minimum Gasteiger partial charge on any atom is -0.480 e. The highest BCUT2D eigenvalue weighted by atomic mass is 16.4. The van der Waals surface area contributed by atoms with Crippen molar-refractivity contribution in [3.8, 4) is 0 Å². The lowest BCUT2D eigenvalue weighted by molar-refractivity contribution is -0.135. The average Bonchev–Trinajstić information content (AvgIpc) is 2.49. The van der Waals surface area contributed by atoms with Gasteiger partial charge in [-0.1, -0.05) is 12.1 Å². The molecule has 7 heteroatoms. The van der Waals surface area contributed by atoms with Gasteiger partial charge in [0.05, 0.1) is 13.2 Å². The van der Waals surface area contributed by atoms with E-state index in [0.29, 0.717) is 16.5 Å². The number of rotatable bonds is 5. The Balaban J connectivity index is 1.98. The van der Waals surface area contributed by atoms with E-state index in [-0.39, 0.29) is 13.2 Å². The third-order valence-corrected chi connectivity index (χ3v) is 3.44. The molecule has 0 aromatic heterocycles. The predicted octanol–water partition coefficient (Wildman–Crippen LogP) is 0.767. The number of benzene rings is 2. The maximum atomic E-state index is 11.9. The SMILES string of the molecule is O=C(O)CNCNc1ccc2c3c(cccc13)C(=O)NC2=O. The molecule has 0 fully saturated rings. The van der Waals surface area contributed by atoms with Gasteiger partial charge in [-0.15, -0.1) is 0 Å². The van der Waals surface area contributed by atoms with Crippen LogP contribution in [0.15, 0.2) is 30.3 Å². The van der Waals surface area contributed by atoms with Gasteiger partial charge in [-0.05, 0) is 18.2 Å². The Morgan fingerprint density at radius 1 is 1.09 bits per heavy atom. The Morgan fingerprint density at radius 2 is 1.82 bits per heavy atom. The molecule has 22 heavy (non-hydrogen) atoms. The van der Waals surface area contributed by atoms with Crippen LogP contribution >= 0.6 is 0 Å². The second kappa shape index (κ2) is 5.45. The first-order chi connectivity index (χ1) is 10.6. The number of amides is 2. The molecular formula is C15H13N3O4. The summed E-state index contributed by atoms with van der Waals surface area (Å²) in [5, 5.41) is 18.0. The zero-order valence-electron chi connectivity index (χ0n) is 11.5. The largest absolute Gasteiger partial charge is 0.480 e. The molecule has 0 saturated heterocycles. The van der Waals surface area contributed by atoms with Gasteiger partial charge in [-0.3, -0.25) is 25.0 Å². The molecule has 1 heterocycles. The van der Waals surface area contributed by atoms with E-state index in [1.807, 2.05) is 6.07 Å². The molecule has 1 aliphatic rings. The Morgan fingerprint density at radius 3 is 2.55 bits per heavy atom. The number of carboxylic acids is 1. The van der Waals surface area contributed by atoms with Crippen LogP contribution in [-0.4, -0.2) is 36.1 Å². The number of aliphatic carboxylic acids is 1. The summed E-state index contributed by atoms with van der Waals surface area (Å²) >= 11 is 0. The number of hydrogen-bond acceptors (Lipinski definition) is 5. The van der Waals surface area contributed by atoms with Crippen LogP contribution in [0.5, 0.6) is 0 Å². The lowest BCUT2D eigenvalue weighted by atomic mass is 9.94. The second-order valence-corrected chi connectivity index (χ2v) is 4.85. The first-order valence-electron chi connectivity index (χ1n) is 6.65. The van der Waals surface area contributed by atoms with Crippen LogP contribution in [0.3, 0.4) is 0 Å². The van der Waals surface area contributed by atoms with Crippen molar-refractivity contribution in [2.45, 2.75) is 0 Å². The number of carbonyl (C=O) groups is 3. The van der Waals surface area contributed by atoms with Gasteiger partial charge in [0.15, 0.2) is 0 Å². The molecule has 2 amide bonds. The van der Waals surface area contributed by atoms with E-state index in [0.717, 1.165) is 11.1 Å². The van der Waals surface area contributed by atoms with Crippen LogP contribution in [0.2, 0.25) is 0 Å². The predicted molar refractivity (Wildman–Crippen MR) is 79.9 cm³/mol. The number of hydrogen-bond donors (Lipinski definition) is 4. The van der Waals surface area contributed by atoms with Crippen molar-refractivity contribution >= 4 is 34.2 Å². The molecular weight excluding hydrogens is 286 g/mol. The molecule has 0 saturated carbocycles. The van der Waals surface area contributed by atoms with Crippen molar-refractivity contribution in [3.05, 3.63) is 41.5 Å². The normalized spacial score (nSPS) is 13.1. The number of nitrogens with one attached hydrogen (secondary N) is 3. The van der Waals surface area contributed by atoms with Gasteiger partial charge in [0, 0.05) is 27.6 Å². The summed E-state index contributed by atoms with van der Waals surface area (Å²) in [6, 6.07) is 8.60. The lowest BCUT2D eigenvalue weighted by Crippen LogP contribution is -2.34. The molecule has 0 radical (unpaired) electrons. The monoisotopic (exact) mass is 299 g/mol. The van der Waals surface area contributed by atoms with Crippen molar-refractivity contribution in [2.24, 2.45) is 0 Å². The zero-order chi connectivity index (χ0) is 15.7. The topological polar surface area (TPSA) is 108 Å². The molecule has 112 valence electrons. The third kappa shape index (κ3) is 2.38. The van der Waals surface area contributed by atoms with E-state index >= 15 is 0 Å². The van der Waals surface area contributed by atoms with Gasteiger partial charge >= 0.3 is 5.97 Å². The molecule has 2 aromatic carbocycles. The Labute approximate surface area is 125 Å². The summed E-state index contributed by atoms with van der Waals surface area (Å²) in [4.78, 5) is 34.3. The molecule has 0 atom stereocenters. The molecule has 0 bridgehead atoms.